The quantitative estimate of drug-likeness (QED) is 0.445. The summed E-state index contributed by atoms with van der Waals surface area (Å²) < 4.78 is 11.4. The largest absolute Gasteiger partial charge is 0.490 e. The predicted molar refractivity (Wildman–Crippen MR) is 108 cm³/mol. The third-order valence-electron chi connectivity index (χ3n) is 3.35. The van der Waals surface area contributed by atoms with E-state index in [0.717, 1.165) is 26.7 Å². The Morgan fingerprint density at radius 1 is 1.26 bits per heavy atom. The molecule has 0 aromatic heterocycles. The van der Waals surface area contributed by atoms with Gasteiger partial charge in [0.05, 0.1) is 22.1 Å². The van der Waals surface area contributed by atoms with Crippen LogP contribution in [0.4, 0.5) is 4.79 Å². The van der Waals surface area contributed by atoms with Gasteiger partial charge in [0.2, 0.25) is 0 Å². The summed E-state index contributed by atoms with van der Waals surface area (Å²) >= 11 is 4.25. The number of imide groups is 1. The van der Waals surface area contributed by atoms with E-state index in [1.165, 1.54) is 0 Å². The lowest BCUT2D eigenvalue weighted by Crippen LogP contribution is -2.34. The van der Waals surface area contributed by atoms with E-state index in [2.05, 4.69) is 15.9 Å². The Balaban J connectivity index is 2.09. The van der Waals surface area contributed by atoms with E-state index in [9.17, 15) is 14.4 Å². The molecule has 2 amide bonds. The first-order valence-corrected chi connectivity index (χ1v) is 10.2. The highest BCUT2D eigenvalue weighted by Gasteiger charge is 2.36. The average molecular weight is 456 g/mol. The van der Waals surface area contributed by atoms with Crippen LogP contribution in [-0.4, -0.2) is 41.3 Å². The number of rotatable bonds is 7. The van der Waals surface area contributed by atoms with Crippen molar-refractivity contribution in [2.45, 2.75) is 33.8 Å². The second-order valence-corrected chi connectivity index (χ2v) is 8.55. The SMILES string of the molecule is CC(C)COC(=O)CN1C(=O)S/C(=C\c2ccc(OC(C)C)c(Br)c2)C1=O. The van der Waals surface area contributed by atoms with Crippen LogP contribution in [0.25, 0.3) is 6.08 Å². The third kappa shape index (κ3) is 6.10. The van der Waals surface area contributed by atoms with Crippen LogP contribution in [0.3, 0.4) is 0 Å². The van der Waals surface area contributed by atoms with Gasteiger partial charge in [0, 0.05) is 0 Å². The lowest BCUT2D eigenvalue weighted by atomic mass is 10.2. The first-order chi connectivity index (χ1) is 12.7. The normalized spacial score (nSPS) is 16.0. The smallest absolute Gasteiger partial charge is 0.326 e. The van der Waals surface area contributed by atoms with E-state index in [-0.39, 0.29) is 30.1 Å². The second kappa shape index (κ2) is 9.41. The van der Waals surface area contributed by atoms with E-state index in [0.29, 0.717) is 5.75 Å². The molecule has 27 heavy (non-hydrogen) atoms. The Bertz CT molecular complexity index is 775. The topological polar surface area (TPSA) is 72.9 Å². The fraction of sp³-hybridized carbons (Fsp3) is 0.421. The molecule has 1 aliphatic rings. The Morgan fingerprint density at radius 3 is 2.56 bits per heavy atom. The van der Waals surface area contributed by atoms with Crippen LogP contribution in [0.15, 0.2) is 27.6 Å². The molecule has 0 N–H and O–H groups in total. The van der Waals surface area contributed by atoms with E-state index >= 15 is 0 Å². The molecule has 0 bridgehead atoms. The third-order valence-corrected chi connectivity index (χ3v) is 4.88. The maximum Gasteiger partial charge on any atom is 0.326 e. The molecule has 1 saturated heterocycles. The molecular formula is C19H22BrNO5S. The van der Waals surface area contributed by atoms with Gasteiger partial charge in [-0.25, -0.2) is 0 Å². The fourth-order valence-electron chi connectivity index (χ4n) is 2.18. The fourth-order valence-corrected chi connectivity index (χ4v) is 3.51. The zero-order chi connectivity index (χ0) is 20.1. The second-order valence-electron chi connectivity index (χ2n) is 6.70. The predicted octanol–water partition coefficient (Wildman–Crippen LogP) is 4.47. The first-order valence-electron chi connectivity index (χ1n) is 8.54. The summed E-state index contributed by atoms with van der Waals surface area (Å²) in [6.45, 7) is 7.56. The highest BCUT2D eigenvalue weighted by molar-refractivity contribution is 9.10. The van der Waals surface area contributed by atoms with Gasteiger partial charge in [-0.2, -0.15) is 0 Å². The highest BCUT2D eigenvalue weighted by atomic mass is 79.9. The van der Waals surface area contributed by atoms with Crippen molar-refractivity contribution in [3.8, 4) is 5.75 Å². The number of hydrogen-bond acceptors (Lipinski definition) is 6. The van der Waals surface area contributed by atoms with Gasteiger partial charge in [-0.05, 0) is 71.2 Å². The molecule has 6 nitrogen and oxygen atoms in total. The van der Waals surface area contributed by atoms with Crippen LogP contribution >= 0.6 is 27.7 Å². The van der Waals surface area contributed by atoms with Gasteiger partial charge in [-0.1, -0.05) is 19.9 Å². The summed E-state index contributed by atoms with van der Waals surface area (Å²) in [5.41, 5.74) is 0.742. The molecule has 0 aliphatic carbocycles. The first kappa shape index (κ1) is 21.5. The minimum Gasteiger partial charge on any atom is -0.490 e. The van der Waals surface area contributed by atoms with Crippen molar-refractivity contribution in [3.63, 3.8) is 0 Å². The van der Waals surface area contributed by atoms with Gasteiger partial charge >= 0.3 is 5.97 Å². The average Bonchev–Trinajstić information content (AvgIpc) is 2.82. The molecule has 1 aromatic carbocycles. The molecule has 1 heterocycles. The molecule has 0 atom stereocenters. The van der Waals surface area contributed by atoms with Crippen LogP contribution in [-0.2, 0) is 14.3 Å². The van der Waals surface area contributed by atoms with Crippen molar-refractivity contribution in [1.82, 2.24) is 4.90 Å². The number of ether oxygens (including phenoxy) is 2. The molecule has 1 aromatic rings. The van der Waals surface area contributed by atoms with Gasteiger partial charge < -0.3 is 9.47 Å². The Kier molecular flexibility index (Phi) is 7.49. The zero-order valence-corrected chi connectivity index (χ0v) is 18.1. The van der Waals surface area contributed by atoms with Crippen molar-refractivity contribution in [2.75, 3.05) is 13.2 Å². The van der Waals surface area contributed by atoms with Crippen LogP contribution in [0.5, 0.6) is 5.75 Å². The number of hydrogen-bond donors (Lipinski definition) is 0. The number of halogens is 1. The minimum atomic E-state index is -0.592. The summed E-state index contributed by atoms with van der Waals surface area (Å²) in [5.74, 6) is -0.205. The van der Waals surface area contributed by atoms with Crippen molar-refractivity contribution < 1.29 is 23.9 Å². The standard InChI is InChI=1S/C19H22BrNO5S/c1-11(2)10-25-17(22)9-21-18(23)16(27-19(21)24)8-13-5-6-15(14(20)7-13)26-12(3)4/h5-8,11-12H,9-10H2,1-4H3/b16-8-. The summed E-state index contributed by atoms with van der Waals surface area (Å²) in [5, 5.41) is -0.480. The zero-order valence-electron chi connectivity index (χ0n) is 15.7. The molecular weight excluding hydrogens is 434 g/mol. The number of esters is 1. The van der Waals surface area contributed by atoms with Crippen LogP contribution in [0.1, 0.15) is 33.3 Å². The summed E-state index contributed by atoms with van der Waals surface area (Å²) in [7, 11) is 0. The van der Waals surface area contributed by atoms with Crippen molar-refractivity contribution in [1.29, 1.82) is 0 Å². The molecule has 0 saturated carbocycles. The van der Waals surface area contributed by atoms with Crippen molar-refractivity contribution in [3.05, 3.63) is 33.1 Å². The van der Waals surface area contributed by atoms with Gasteiger partial charge in [0.1, 0.15) is 12.3 Å². The van der Waals surface area contributed by atoms with E-state index < -0.39 is 17.1 Å². The number of carbonyl (C=O) groups excluding carboxylic acids is 3. The van der Waals surface area contributed by atoms with Crippen LogP contribution < -0.4 is 4.74 Å². The number of amides is 2. The minimum absolute atomic E-state index is 0.0408. The summed E-state index contributed by atoms with van der Waals surface area (Å²) in [6.07, 6.45) is 1.66. The van der Waals surface area contributed by atoms with Crippen molar-refractivity contribution in [2.24, 2.45) is 5.92 Å². The molecule has 146 valence electrons. The van der Waals surface area contributed by atoms with Gasteiger partial charge in [-0.15, -0.1) is 0 Å². The molecule has 1 aliphatic heterocycles. The molecule has 0 unspecified atom stereocenters. The monoisotopic (exact) mass is 455 g/mol. The number of nitrogens with zero attached hydrogens (tertiary/aromatic N) is 1. The molecule has 0 spiro atoms. The molecule has 0 radical (unpaired) electrons. The molecule has 8 heteroatoms. The van der Waals surface area contributed by atoms with Crippen LogP contribution in [0.2, 0.25) is 0 Å². The highest BCUT2D eigenvalue weighted by Crippen LogP contribution is 2.34. The molecule has 1 fully saturated rings. The lowest BCUT2D eigenvalue weighted by molar-refractivity contribution is -0.147. The summed E-state index contributed by atoms with van der Waals surface area (Å²) in [4.78, 5) is 37.5. The Hall–Kier alpha value is -1.80. The van der Waals surface area contributed by atoms with Crippen molar-refractivity contribution >= 4 is 50.9 Å². The van der Waals surface area contributed by atoms with Crippen LogP contribution in [0, 0.1) is 5.92 Å². The van der Waals surface area contributed by atoms with E-state index in [1.54, 1.807) is 18.2 Å². The maximum atomic E-state index is 12.5. The maximum absolute atomic E-state index is 12.5. The number of benzene rings is 1. The number of carbonyl (C=O) groups is 3. The number of thioether (sulfide) groups is 1. The Labute approximate surface area is 171 Å². The van der Waals surface area contributed by atoms with Gasteiger partial charge in [0.25, 0.3) is 11.1 Å². The van der Waals surface area contributed by atoms with E-state index in [4.69, 9.17) is 9.47 Å². The van der Waals surface area contributed by atoms with E-state index in [1.807, 2.05) is 33.8 Å². The Morgan fingerprint density at radius 2 is 1.96 bits per heavy atom. The van der Waals surface area contributed by atoms with Gasteiger partial charge in [0.15, 0.2) is 0 Å². The lowest BCUT2D eigenvalue weighted by Gasteiger charge is -2.13. The van der Waals surface area contributed by atoms with Gasteiger partial charge in [-0.3, -0.25) is 19.3 Å². The molecule has 2 rings (SSSR count). The summed E-state index contributed by atoms with van der Waals surface area (Å²) in [6, 6.07) is 5.40.